The number of aromatic nitrogens is 2. The van der Waals surface area contributed by atoms with E-state index in [1.807, 2.05) is 19.9 Å². The molecule has 38 heavy (non-hydrogen) atoms. The van der Waals surface area contributed by atoms with Crippen molar-refractivity contribution in [2.75, 3.05) is 11.4 Å². The standard InChI is InChI=1S/C28H30N4O6/c1-4-19-15-20(5-2)31-27(30-19)38-24(26(36)37)28(18-11-7-6-8-12-18)21-13-9-10-14-22(21)32(17(3)25(34)35)23(33)16-29-28/h6-15,17,24,29H,4-5,16H2,1-3H3,(H,34,35)(H,36,37)/t17-,24-,28+/m1/s1. The summed E-state index contributed by atoms with van der Waals surface area (Å²) < 4.78 is 6.12. The molecule has 0 radical (unpaired) electrons. The smallest absolute Gasteiger partial charge is 0.347 e. The SMILES string of the molecule is CCc1cc(CC)nc(O[C@H](C(=O)O)[C@@]2(c3ccccc3)NCC(=O)N([C@H](C)C(=O)O)c3ccccc32)n1. The quantitative estimate of drug-likeness (QED) is 0.390. The zero-order valence-electron chi connectivity index (χ0n) is 21.4. The van der Waals surface area contributed by atoms with Crippen LogP contribution in [0.5, 0.6) is 6.01 Å². The number of carbonyl (C=O) groups is 3. The van der Waals surface area contributed by atoms with Crippen LogP contribution in [0.4, 0.5) is 5.69 Å². The van der Waals surface area contributed by atoms with Gasteiger partial charge >= 0.3 is 17.9 Å². The maximum Gasteiger partial charge on any atom is 0.347 e. The van der Waals surface area contributed by atoms with Crippen LogP contribution < -0.4 is 15.0 Å². The minimum Gasteiger partial charge on any atom is -0.480 e. The number of anilines is 1. The highest BCUT2D eigenvalue weighted by atomic mass is 16.5. The Balaban J connectivity index is 2.00. The molecular weight excluding hydrogens is 488 g/mol. The number of fused-ring (bicyclic) bond motifs is 1. The summed E-state index contributed by atoms with van der Waals surface area (Å²) in [6.07, 6.45) is -0.424. The van der Waals surface area contributed by atoms with Crippen molar-refractivity contribution in [3.63, 3.8) is 0 Å². The largest absolute Gasteiger partial charge is 0.480 e. The number of nitrogens with zero attached hydrogens (tertiary/aromatic N) is 3. The van der Waals surface area contributed by atoms with Gasteiger partial charge in [-0.05, 0) is 37.5 Å². The fourth-order valence-corrected chi connectivity index (χ4v) is 4.80. The van der Waals surface area contributed by atoms with Crippen LogP contribution in [-0.2, 0) is 32.8 Å². The Labute approximate surface area is 220 Å². The maximum absolute atomic E-state index is 13.3. The Morgan fingerprint density at radius 1 is 1.00 bits per heavy atom. The third kappa shape index (κ3) is 4.82. The average molecular weight is 519 g/mol. The lowest BCUT2D eigenvalue weighted by atomic mass is 9.77. The van der Waals surface area contributed by atoms with Crippen molar-refractivity contribution in [3.8, 4) is 6.01 Å². The van der Waals surface area contributed by atoms with Crippen LogP contribution in [0, 0.1) is 0 Å². The van der Waals surface area contributed by atoms with E-state index < -0.39 is 35.5 Å². The van der Waals surface area contributed by atoms with Gasteiger partial charge in [0.2, 0.25) is 12.0 Å². The molecule has 4 rings (SSSR count). The first kappa shape index (κ1) is 26.7. The number of carboxylic acids is 2. The molecular formula is C28H30N4O6. The van der Waals surface area contributed by atoms with Crippen LogP contribution in [0.1, 0.15) is 43.3 Å². The number of rotatable bonds is 9. The summed E-state index contributed by atoms with van der Waals surface area (Å²) >= 11 is 0. The van der Waals surface area contributed by atoms with Crippen LogP contribution in [0.2, 0.25) is 0 Å². The number of aliphatic carboxylic acids is 2. The number of carbonyl (C=O) groups excluding carboxylic acids is 1. The van der Waals surface area contributed by atoms with E-state index in [2.05, 4.69) is 15.3 Å². The van der Waals surface area contributed by atoms with E-state index >= 15 is 0 Å². The van der Waals surface area contributed by atoms with E-state index in [4.69, 9.17) is 4.74 Å². The minimum atomic E-state index is -1.63. The first-order valence-electron chi connectivity index (χ1n) is 12.4. The number of carboxylic acid groups (broad SMARTS) is 2. The van der Waals surface area contributed by atoms with Crippen molar-refractivity contribution in [1.82, 2.24) is 15.3 Å². The van der Waals surface area contributed by atoms with Gasteiger partial charge in [0.1, 0.15) is 11.6 Å². The van der Waals surface area contributed by atoms with Crippen molar-refractivity contribution in [1.29, 1.82) is 0 Å². The normalized spacial score (nSPS) is 18.7. The van der Waals surface area contributed by atoms with Gasteiger partial charge in [0.25, 0.3) is 0 Å². The summed E-state index contributed by atoms with van der Waals surface area (Å²) in [5.74, 6) is -3.03. The lowest BCUT2D eigenvalue weighted by Gasteiger charge is -2.39. The molecule has 10 heteroatoms. The van der Waals surface area contributed by atoms with Crippen molar-refractivity contribution in [2.45, 2.75) is 51.3 Å². The number of benzene rings is 2. The molecule has 1 amide bonds. The van der Waals surface area contributed by atoms with E-state index in [0.717, 1.165) is 0 Å². The average Bonchev–Trinajstić information content (AvgIpc) is 3.05. The van der Waals surface area contributed by atoms with Crippen molar-refractivity contribution in [3.05, 3.63) is 83.2 Å². The molecule has 0 saturated heterocycles. The summed E-state index contributed by atoms with van der Waals surface area (Å²) in [5.41, 5.74) is 0.962. The molecule has 1 aromatic heterocycles. The molecule has 3 atom stereocenters. The summed E-state index contributed by atoms with van der Waals surface area (Å²) in [6, 6.07) is 16.0. The van der Waals surface area contributed by atoms with Gasteiger partial charge in [0.15, 0.2) is 0 Å². The number of ether oxygens (including phenoxy) is 1. The van der Waals surface area contributed by atoms with Crippen LogP contribution in [0.15, 0.2) is 60.7 Å². The molecule has 198 valence electrons. The van der Waals surface area contributed by atoms with E-state index in [9.17, 15) is 24.6 Å². The molecule has 0 spiro atoms. The highest BCUT2D eigenvalue weighted by molar-refractivity contribution is 6.02. The number of hydrogen-bond donors (Lipinski definition) is 3. The topological polar surface area (TPSA) is 142 Å². The molecule has 1 aliphatic heterocycles. The van der Waals surface area contributed by atoms with Crippen molar-refractivity contribution < 1.29 is 29.3 Å². The van der Waals surface area contributed by atoms with Gasteiger partial charge in [0, 0.05) is 17.0 Å². The Bertz CT molecular complexity index is 1330. The van der Waals surface area contributed by atoms with Crippen LogP contribution in [0.3, 0.4) is 0 Å². The summed E-state index contributed by atoms with van der Waals surface area (Å²) in [5, 5.41) is 23.5. The minimum absolute atomic E-state index is 0.0884. The molecule has 2 aromatic carbocycles. The van der Waals surface area contributed by atoms with E-state index in [-0.39, 0.29) is 18.2 Å². The van der Waals surface area contributed by atoms with Gasteiger partial charge in [-0.25, -0.2) is 19.6 Å². The molecule has 0 bridgehead atoms. The predicted molar refractivity (Wildman–Crippen MR) is 139 cm³/mol. The summed E-state index contributed by atoms with van der Waals surface area (Å²) in [7, 11) is 0. The number of para-hydroxylation sites is 1. The lowest BCUT2D eigenvalue weighted by Crippen LogP contribution is -2.58. The third-order valence-electron chi connectivity index (χ3n) is 6.73. The van der Waals surface area contributed by atoms with E-state index in [1.54, 1.807) is 54.6 Å². The molecule has 3 N–H and O–H groups in total. The fourth-order valence-electron chi connectivity index (χ4n) is 4.80. The van der Waals surface area contributed by atoms with Crippen molar-refractivity contribution >= 4 is 23.5 Å². The number of amides is 1. The Morgan fingerprint density at radius 3 is 2.18 bits per heavy atom. The van der Waals surface area contributed by atoms with Gasteiger partial charge in [0.05, 0.1) is 12.2 Å². The first-order valence-corrected chi connectivity index (χ1v) is 12.4. The fraction of sp³-hybridized carbons (Fsp3) is 0.321. The maximum atomic E-state index is 13.3. The molecule has 0 aliphatic carbocycles. The second kappa shape index (κ2) is 11.0. The Hall–Kier alpha value is -4.31. The monoisotopic (exact) mass is 518 g/mol. The first-order chi connectivity index (χ1) is 18.2. The van der Waals surface area contributed by atoms with Gasteiger partial charge in [-0.3, -0.25) is 15.0 Å². The molecule has 0 saturated carbocycles. The van der Waals surface area contributed by atoms with Gasteiger partial charge in [-0.1, -0.05) is 62.4 Å². The van der Waals surface area contributed by atoms with E-state index in [0.29, 0.717) is 35.4 Å². The number of nitrogens with one attached hydrogen (secondary N) is 1. The number of hydrogen-bond acceptors (Lipinski definition) is 7. The second-order valence-corrected chi connectivity index (χ2v) is 9.00. The third-order valence-corrected chi connectivity index (χ3v) is 6.73. The van der Waals surface area contributed by atoms with Crippen LogP contribution >= 0.6 is 0 Å². The molecule has 1 aliphatic rings. The Kier molecular flexibility index (Phi) is 7.72. The van der Waals surface area contributed by atoms with E-state index in [1.165, 1.54) is 11.8 Å². The molecule has 3 aromatic rings. The second-order valence-electron chi connectivity index (χ2n) is 9.00. The molecule has 0 unspecified atom stereocenters. The van der Waals surface area contributed by atoms with Crippen molar-refractivity contribution in [2.24, 2.45) is 0 Å². The van der Waals surface area contributed by atoms with Gasteiger partial charge < -0.3 is 14.9 Å². The van der Waals surface area contributed by atoms with Gasteiger partial charge in [-0.2, -0.15) is 0 Å². The highest BCUT2D eigenvalue weighted by Gasteiger charge is 2.52. The summed E-state index contributed by atoms with van der Waals surface area (Å²) in [4.78, 5) is 48.3. The zero-order valence-corrected chi connectivity index (χ0v) is 21.4. The molecule has 10 nitrogen and oxygen atoms in total. The summed E-state index contributed by atoms with van der Waals surface area (Å²) in [6.45, 7) is 4.93. The predicted octanol–water partition coefficient (Wildman–Crippen LogP) is 2.79. The Morgan fingerprint density at radius 2 is 1.61 bits per heavy atom. The molecule has 0 fully saturated rings. The van der Waals surface area contributed by atoms with Crippen LogP contribution in [-0.4, -0.2) is 56.7 Å². The lowest BCUT2D eigenvalue weighted by molar-refractivity contribution is -0.149. The highest BCUT2D eigenvalue weighted by Crippen LogP contribution is 2.42. The van der Waals surface area contributed by atoms with Gasteiger partial charge in [-0.15, -0.1) is 0 Å². The zero-order chi connectivity index (χ0) is 27.4. The number of aryl methyl sites for hydroxylation is 2. The molecule has 2 heterocycles. The van der Waals surface area contributed by atoms with Crippen LogP contribution in [0.25, 0.3) is 0 Å².